The molecule has 2 rings (SSSR count). The Morgan fingerprint density at radius 1 is 1.05 bits per heavy atom. The van der Waals surface area contributed by atoms with Gasteiger partial charge in [0.25, 0.3) is 0 Å². The topological polar surface area (TPSA) is 67.2 Å². The van der Waals surface area contributed by atoms with Crippen LogP contribution in [0.3, 0.4) is 0 Å². The van der Waals surface area contributed by atoms with E-state index in [1.807, 2.05) is 46.8 Å². The number of hydrogen-bond donors (Lipinski definition) is 2. The van der Waals surface area contributed by atoms with Crippen LogP contribution in [0.15, 0.2) is 28.8 Å². The van der Waals surface area contributed by atoms with Crippen molar-refractivity contribution in [3.05, 3.63) is 41.2 Å². The summed E-state index contributed by atoms with van der Waals surface area (Å²) in [4.78, 5) is 12.0. The SMILES string of the molecule is Cc1cc(C)cc(NC(=O)Nc2cc(C(C)(C)C)on2)c1. The smallest absolute Gasteiger partial charge is 0.324 e. The minimum atomic E-state index is -0.339. The molecular formula is C16H21N3O2. The van der Waals surface area contributed by atoms with E-state index in [-0.39, 0.29) is 11.4 Å². The zero-order valence-electron chi connectivity index (χ0n) is 13.1. The lowest BCUT2D eigenvalue weighted by Gasteiger charge is -2.12. The van der Waals surface area contributed by atoms with E-state index >= 15 is 0 Å². The maximum absolute atomic E-state index is 12.0. The Morgan fingerprint density at radius 2 is 1.67 bits per heavy atom. The fourth-order valence-corrected chi connectivity index (χ4v) is 2.01. The van der Waals surface area contributed by atoms with Crippen LogP contribution < -0.4 is 10.6 Å². The van der Waals surface area contributed by atoms with Crippen molar-refractivity contribution in [2.45, 2.75) is 40.0 Å². The average Bonchev–Trinajstić information content (AvgIpc) is 2.75. The fourth-order valence-electron chi connectivity index (χ4n) is 2.01. The number of benzene rings is 1. The van der Waals surface area contributed by atoms with Crippen LogP contribution in [-0.2, 0) is 5.41 Å². The summed E-state index contributed by atoms with van der Waals surface area (Å²) < 4.78 is 5.23. The molecule has 21 heavy (non-hydrogen) atoms. The van der Waals surface area contributed by atoms with Gasteiger partial charge < -0.3 is 9.84 Å². The van der Waals surface area contributed by atoms with Crippen LogP contribution in [0.5, 0.6) is 0 Å². The average molecular weight is 287 g/mol. The van der Waals surface area contributed by atoms with Crippen molar-refractivity contribution in [1.82, 2.24) is 5.16 Å². The number of carbonyl (C=O) groups is 1. The number of aryl methyl sites for hydroxylation is 2. The van der Waals surface area contributed by atoms with Gasteiger partial charge >= 0.3 is 6.03 Å². The molecule has 1 aromatic carbocycles. The number of carbonyl (C=O) groups excluding carboxylic acids is 1. The van der Waals surface area contributed by atoms with E-state index in [1.165, 1.54) is 0 Å². The molecule has 5 heteroatoms. The second kappa shape index (κ2) is 5.60. The van der Waals surface area contributed by atoms with Crippen LogP contribution >= 0.6 is 0 Å². The molecular weight excluding hydrogens is 266 g/mol. The molecule has 2 aromatic rings. The second-order valence-corrected chi connectivity index (χ2v) is 6.28. The second-order valence-electron chi connectivity index (χ2n) is 6.28. The van der Waals surface area contributed by atoms with Crippen LogP contribution in [0.2, 0.25) is 0 Å². The Hall–Kier alpha value is -2.30. The first kappa shape index (κ1) is 15.1. The highest BCUT2D eigenvalue weighted by molar-refractivity contribution is 5.99. The predicted octanol–water partition coefficient (Wildman–Crippen LogP) is 4.23. The Labute approximate surface area is 124 Å². The third kappa shape index (κ3) is 4.08. The number of nitrogens with zero attached hydrogens (tertiary/aromatic N) is 1. The summed E-state index contributed by atoms with van der Waals surface area (Å²) in [5.74, 6) is 1.13. The van der Waals surface area contributed by atoms with E-state index in [0.717, 1.165) is 22.6 Å². The highest BCUT2D eigenvalue weighted by atomic mass is 16.5. The highest BCUT2D eigenvalue weighted by Gasteiger charge is 2.20. The van der Waals surface area contributed by atoms with Gasteiger partial charge in [-0.05, 0) is 37.1 Å². The summed E-state index contributed by atoms with van der Waals surface area (Å²) in [6.07, 6.45) is 0. The lowest BCUT2D eigenvalue weighted by molar-refractivity contribution is 0.262. The van der Waals surface area contributed by atoms with Gasteiger partial charge in [-0.25, -0.2) is 4.79 Å². The zero-order chi connectivity index (χ0) is 15.6. The van der Waals surface area contributed by atoms with Gasteiger partial charge in [-0.3, -0.25) is 5.32 Å². The summed E-state index contributed by atoms with van der Waals surface area (Å²) >= 11 is 0. The van der Waals surface area contributed by atoms with Crippen molar-refractivity contribution < 1.29 is 9.32 Å². The van der Waals surface area contributed by atoms with Gasteiger partial charge in [-0.1, -0.05) is 32.0 Å². The maximum Gasteiger partial charge on any atom is 0.324 e. The van der Waals surface area contributed by atoms with E-state index in [4.69, 9.17) is 4.52 Å². The molecule has 5 nitrogen and oxygen atoms in total. The summed E-state index contributed by atoms with van der Waals surface area (Å²) in [6.45, 7) is 10.0. The molecule has 0 saturated heterocycles. The third-order valence-electron chi connectivity index (χ3n) is 2.97. The van der Waals surface area contributed by atoms with Crippen molar-refractivity contribution >= 4 is 17.5 Å². The molecule has 0 bridgehead atoms. The normalized spacial score (nSPS) is 11.3. The van der Waals surface area contributed by atoms with Crippen LogP contribution in [0.4, 0.5) is 16.3 Å². The Bertz CT molecular complexity index is 634. The molecule has 0 radical (unpaired) electrons. The van der Waals surface area contributed by atoms with Crippen molar-refractivity contribution in [3.63, 3.8) is 0 Å². The Balaban J connectivity index is 2.03. The van der Waals surface area contributed by atoms with Crippen molar-refractivity contribution in [3.8, 4) is 0 Å². The fraction of sp³-hybridized carbons (Fsp3) is 0.375. The van der Waals surface area contributed by atoms with Gasteiger partial charge in [0, 0.05) is 17.2 Å². The van der Waals surface area contributed by atoms with E-state index in [1.54, 1.807) is 6.07 Å². The summed E-state index contributed by atoms with van der Waals surface area (Å²) in [5.41, 5.74) is 2.81. The first-order valence-corrected chi connectivity index (χ1v) is 6.87. The quantitative estimate of drug-likeness (QED) is 0.868. The number of hydrogen-bond acceptors (Lipinski definition) is 3. The van der Waals surface area contributed by atoms with Gasteiger partial charge in [-0.15, -0.1) is 0 Å². The molecule has 0 saturated carbocycles. The molecule has 0 atom stereocenters. The van der Waals surface area contributed by atoms with Crippen LogP contribution in [0, 0.1) is 13.8 Å². The monoisotopic (exact) mass is 287 g/mol. The van der Waals surface area contributed by atoms with Crippen molar-refractivity contribution in [2.24, 2.45) is 0 Å². The number of urea groups is 1. The lowest BCUT2D eigenvalue weighted by Crippen LogP contribution is -2.19. The van der Waals surface area contributed by atoms with E-state index in [2.05, 4.69) is 21.9 Å². The van der Waals surface area contributed by atoms with E-state index in [9.17, 15) is 4.79 Å². The molecule has 0 unspecified atom stereocenters. The number of aromatic nitrogens is 1. The number of rotatable bonds is 2. The summed E-state index contributed by atoms with van der Waals surface area (Å²) in [6, 6.07) is 7.28. The molecule has 2 amide bonds. The number of amides is 2. The first-order valence-electron chi connectivity index (χ1n) is 6.87. The van der Waals surface area contributed by atoms with Gasteiger partial charge in [0.2, 0.25) is 0 Å². The predicted molar refractivity (Wildman–Crippen MR) is 83.8 cm³/mol. The van der Waals surface area contributed by atoms with Crippen LogP contribution in [0.1, 0.15) is 37.7 Å². The summed E-state index contributed by atoms with van der Waals surface area (Å²) in [7, 11) is 0. The molecule has 0 fully saturated rings. The van der Waals surface area contributed by atoms with Crippen molar-refractivity contribution in [1.29, 1.82) is 0 Å². The summed E-state index contributed by atoms with van der Waals surface area (Å²) in [5, 5.41) is 9.31. The molecule has 112 valence electrons. The number of nitrogens with one attached hydrogen (secondary N) is 2. The van der Waals surface area contributed by atoms with Crippen LogP contribution in [0.25, 0.3) is 0 Å². The third-order valence-corrected chi connectivity index (χ3v) is 2.97. The number of anilines is 2. The molecule has 0 aliphatic carbocycles. The molecule has 1 heterocycles. The maximum atomic E-state index is 12.0. The molecule has 0 aliphatic rings. The lowest BCUT2D eigenvalue weighted by atomic mass is 9.93. The van der Waals surface area contributed by atoms with Crippen molar-refractivity contribution in [2.75, 3.05) is 10.6 Å². The molecule has 0 spiro atoms. The van der Waals surface area contributed by atoms with Gasteiger partial charge in [-0.2, -0.15) is 0 Å². The van der Waals surface area contributed by atoms with Gasteiger partial charge in [0.05, 0.1) is 0 Å². The minimum Gasteiger partial charge on any atom is -0.359 e. The standard InChI is InChI=1S/C16H21N3O2/c1-10-6-11(2)8-12(7-10)17-15(20)18-14-9-13(21-19-14)16(3,4)5/h6-9H,1-5H3,(H2,17,18,19,20). The Kier molecular flexibility index (Phi) is 4.02. The molecule has 0 aliphatic heterocycles. The Morgan fingerprint density at radius 3 is 2.19 bits per heavy atom. The highest BCUT2D eigenvalue weighted by Crippen LogP contribution is 2.24. The largest absolute Gasteiger partial charge is 0.359 e. The zero-order valence-corrected chi connectivity index (χ0v) is 13.1. The van der Waals surface area contributed by atoms with Crippen LogP contribution in [-0.4, -0.2) is 11.2 Å². The van der Waals surface area contributed by atoms with E-state index in [0.29, 0.717) is 5.82 Å². The van der Waals surface area contributed by atoms with E-state index < -0.39 is 0 Å². The molecule has 2 N–H and O–H groups in total. The molecule has 1 aromatic heterocycles. The van der Waals surface area contributed by atoms with Gasteiger partial charge in [0.15, 0.2) is 5.82 Å². The minimum absolute atomic E-state index is 0.142. The first-order chi connectivity index (χ1) is 9.74. The van der Waals surface area contributed by atoms with Gasteiger partial charge in [0.1, 0.15) is 5.76 Å².